The van der Waals surface area contributed by atoms with E-state index in [1.165, 1.54) is 35.1 Å². The second kappa shape index (κ2) is 13.5. The van der Waals surface area contributed by atoms with Crippen molar-refractivity contribution in [2.24, 2.45) is 5.16 Å². The van der Waals surface area contributed by atoms with Crippen LogP contribution in [0.15, 0.2) is 22.7 Å². The highest BCUT2D eigenvalue weighted by Crippen LogP contribution is 2.53. The molecule has 0 radical (unpaired) electrons. The Labute approximate surface area is 289 Å². The number of hydrogen-bond acceptors (Lipinski definition) is 15. The number of thioether (sulfide) groups is 2. The highest BCUT2D eigenvalue weighted by molar-refractivity contribution is 8.20. The number of aliphatic carboxylic acids is 2. The molecule has 0 saturated carbocycles. The lowest BCUT2D eigenvalue weighted by molar-refractivity contribution is -0.161. The minimum Gasteiger partial charge on any atom is -0.504 e. The molecule has 7 N–H and O–H groups in total. The normalized spacial score (nSPS) is 24.1. The van der Waals surface area contributed by atoms with E-state index in [1.807, 2.05) is 0 Å². The molecule has 4 heterocycles. The molecular formula is C27H29ClN6O11S3. The van der Waals surface area contributed by atoms with Crippen molar-refractivity contribution < 1.29 is 54.0 Å². The van der Waals surface area contributed by atoms with Gasteiger partial charge in [-0.1, -0.05) is 16.8 Å². The molecule has 258 valence electrons. The molecule has 2 aromatic rings. The molecule has 1 aromatic carbocycles. The first kappa shape index (κ1) is 35.3. The summed E-state index contributed by atoms with van der Waals surface area (Å²) in [5, 5.41) is 46.1. The summed E-state index contributed by atoms with van der Waals surface area (Å²) in [4.78, 5) is 75.9. The number of anilines is 1. The first-order chi connectivity index (χ1) is 22.6. The van der Waals surface area contributed by atoms with Crippen LogP contribution in [0.2, 0.25) is 5.02 Å². The number of halogens is 1. The molecule has 3 saturated heterocycles. The van der Waals surface area contributed by atoms with Gasteiger partial charge in [0.25, 0.3) is 11.8 Å². The molecule has 0 spiro atoms. The summed E-state index contributed by atoms with van der Waals surface area (Å²) in [6.07, 6.45) is 0. The van der Waals surface area contributed by atoms with Crippen LogP contribution in [0.4, 0.5) is 5.13 Å². The fourth-order valence-corrected chi connectivity index (χ4v) is 8.83. The molecule has 3 unspecified atom stereocenters. The third-order valence-corrected chi connectivity index (χ3v) is 12.1. The van der Waals surface area contributed by atoms with Crippen LogP contribution < -0.4 is 11.1 Å². The fourth-order valence-electron chi connectivity index (χ4n) is 4.85. The van der Waals surface area contributed by atoms with Crippen molar-refractivity contribution in [2.75, 3.05) is 37.8 Å². The van der Waals surface area contributed by atoms with E-state index >= 15 is 0 Å². The summed E-state index contributed by atoms with van der Waals surface area (Å²) >= 11 is 9.07. The van der Waals surface area contributed by atoms with Crippen molar-refractivity contribution >= 4 is 87.0 Å². The molecule has 3 aliphatic heterocycles. The number of β-lactam (4-membered cyclic amide) rings is 1. The van der Waals surface area contributed by atoms with E-state index in [0.717, 1.165) is 40.9 Å². The average Bonchev–Trinajstić information content (AvgIpc) is 3.63. The summed E-state index contributed by atoms with van der Waals surface area (Å²) in [5.41, 5.74) is 3.38. The maximum absolute atomic E-state index is 13.4. The third kappa shape index (κ3) is 6.66. The van der Waals surface area contributed by atoms with Gasteiger partial charge >= 0.3 is 11.9 Å². The topological polar surface area (TPSA) is 255 Å². The fraction of sp³-hybridized carbons (Fsp3) is 0.444. The van der Waals surface area contributed by atoms with E-state index in [9.17, 15) is 44.4 Å². The van der Waals surface area contributed by atoms with Crippen LogP contribution in [-0.2, 0) is 28.8 Å². The number of fused-ring (bicyclic) bond motifs is 1. The number of carbonyl (C=O) groups excluding carboxylic acids is 3. The van der Waals surface area contributed by atoms with Gasteiger partial charge in [0, 0.05) is 17.7 Å². The number of rotatable bonds is 11. The summed E-state index contributed by atoms with van der Waals surface area (Å²) < 4.78 is 3.99. The number of carboxylic acids is 2. The van der Waals surface area contributed by atoms with Gasteiger partial charge in [-0.2, -0.15) is 0 Å². The number of ether oxygens (including phenoxy) is 1. The number of carbonyl (C=O) groups is 5. The summed E-state index contributed by atoms with van der Waals surface area (Å²) in [5.74, 6) is -5.66. The van der Waals surface area contributed by atoms with E-state index in [1.54, 1.807) is 0 Å². The number of nitrogens with zero attached hydrogens (tertiary/aromatic N) is 4. The van der Waals surface area contributed by atoms with Crippen molar-refractivity contribution in [3.8, 4) is 11.5 Å². The SMILES string of the molecule is CC(C)(O/N=C(\C(=O)N[C@@H]1C(=O)N2CC(SCC3COCCN3C(=O)c3ccc(O)c(O)c3Cl)(C(=O)O)SC12)c1csc(N)n1)C(=O)O. The van der Waals surface area contributed by atoms with E-state index in [2.05, 4.69) is 15.5 Å². The first-order valence-corrected chi connectivity index (χ1v) is 17.1. The predicted molar refractivity (Wildman–Crippen MR) is 174 cm³/mol. The molecule has 0 aliphatic carbocycles. The zero-order valence-electron chi connectivity index (χ0n) is 25.1. The van der Waals surface area contributed by atoms with Crippen LogP contribution in [0.3, 0.4) is 0 Å². The lowest BCUT2D eigenvalue weighted by Gasteiger charge is -2.41. The molecular weight excluding hydrogens is 716 g/mol. The largest absolute Gasteiger partial charge is 0.504 e. The second-order valence-electron chi connectivity index (χ2n) is 11.2. The molecule has 48 heavy (non-hydrogen) atoms. The number of thiazole rings is 1. The van der Waals surface area contributed by atoms with Gasteiger partial charge in [0.1, 0.15) is 17.1 Å². The number of oxime groups is 1. The molecule has 0 bridgehead atoms. The lowest BCUT2D eigenvalue weighted by atomic mass is 10.1. The van der Waals surface area contributed by atoms with Crippen molar-refractivity contribution in [3.05, 3.63) is 33.8 Å². The van der Waals surface area contributed by atoms with Crippen molar-refractivity contribution in [2.45, 2.75) is 41.0 Å². The van der Waals surface area contributed by atoms with Crippen LogP contribution in [-0.4, -0.2) is 130 Å². The maximum Gasteiger partial charge on any atom is 0.350 e. The Morgan fingerprint density at radius 2 is 2.02 bits per heavy atom. The second-order valence-corrected chi connectivity index (χ2v) is 15.5. The highest BCUT2D eigenvalue weighted by Gasteiger charge is 2.63. The number of amides is 3. The van der Waals surface area contributed by atoms with Crippen LogP contribution in [0.1, 0.15) is 29.9 Å². The number of nitrogen functional groups attached to an aromatic ring is 1. The number of benzene rings is 1. The van der Waals surface area contributed by atoms with Gasteiger partial charge in [-0.25, -0.2) is 14.6 Å². The third-order valence-electron chi connectivity index (χ3n) is 7.63. The molecule has 5 rings (SSSR count). The number of morpholine rings is 1. The minimum atomic E-state index is -1.81. The smallest absolute Gasteiger partial charge is 0.350 e. The Kier molecular flexibility index (Phi) is 9.93. The Morgan fingerprint density at radius 3 is 2.67 bits per heavy atom. The summed E-state index contributed by atoms with van der Waals surface area (Å²) in [6.45, 7) is 2.67. The molecule has 21 heteroatoms. The van der Waals surface area contributed by atoms with Gasteiger partial charge in [-0.15, -0.1) is 34.9 Å². The van der Waals surface area contributed by atoms with Gasteiger partial charge < -0.3 is 50.9 Å². The van der Waals surface area contributed by atoms with Gasteiger partial charge in [0.05, 0.1) is 36.4 Å². The van der Waals surface area contributed by atoms with Crippen molar-refractivity contribution in [3.63, 3.8) is 0 Å². The number of carboxylic acid groups (broad SMARTS) is 2. The lowest BCUT2D eigenvalue weighted by Crippen LogP contribution is -2.68. The number of phenols is 2. The van der Waals surface area contributed by atoms with Crippen LogP contribution >= 0.6 is 46.5 Å². The van der Waals surface area contributed by atoms with E-state index < -0.39 is 74.0 Å². The van der Waals surface area contributed by atoms with Gasteiger partial charge in [0.15, 0.2) is 26.4 Å². The standard InChI is InChI=1S/C27H29ClN6O11S3/c1-26(2,23(40)41)45-32-16(13-9-46-25(29)30-13)19(37)31-17-21(39)34-10-27(24(42)43,48-22(17)34)47-8-11-7-44-6-5-33(11)20(38)12-3-4-14(35)18(36)15(12)28/h3-4,9,11,17,22,35-36H,5-8,10H2,1-2H3,(H2,29,30)(H,31,37)(H,40,41)(H,42,43)/b32-16-/t11?,17-,22?,27?/m1/s1. The number of nitrogens with two attached hydrogens (primary N) is 1. The minimum absolute atomic E-state index is 0.0214. The van der Waals surface area contributed by atoms with E-state index in [-0.39, 0.29) is 53.5 Å². The van der Waals surface area contributed by atoms with Gasteiger partial charge in [-0.3, -0.25) is 14.4 Å². The zero-order chi connectivity index (χ0) is 35.1. The summed E-state index contributed by atoms with van der Waals surface area (Å²) in [7, 11) is 0. The molecule has 4 atom stereocenters. The predicted octanol–water partition coefficient (Wildman–Crippen LogP) is 0.829. The molecule has 3 fully saturated rings. The van der Waals surface area contributed by atoms with Crippen LogP contribution in [0.25, 0.3) is 0 Å². The zero-order valence-corrected chi connectivity index (χ0v) is 28.3. The van der Waals surface area contributed by atoms with E-state index in [4.69, 9.17) is 26.9 Å². The molecule has 3 amide bonds. The van der Waals surface area contributed by atoms with E-state index in [0.29, 0.717) is 0 Å². The van der Waals surface area contributed by atoms with Crippen LogP contribution in [0, 0.1) is 0 Å². The molecule has 3 aliphatic rings. The number of phenolic OH excluding ortho intramolecular Hbond substituents is 2. The number of nitrogens with one attached hydrogen (secondary N) is 1. The molecule has 17 nitrogen and oxygen atoms in total. The van der Waals surface area contributed by atoms with Crippen molar-refractivity contribution in [1.29, 1.82) is 0 Å². The quantitative estimate of drug-likeness (QED) is 0.0806. The number of aromatic nitrogens is 1. The Bertz CT molecular complexity index is 1710. The van der Waals surface area contributed by atoms with Gasteiger partial charge in [0.2, 0.25) is 11.5 Å². The summed E-state index contributed by atoms with van der Waals surface area (Å²) in [6, 6.07) is 0.640. The Morgan fingerprint density at radius 1 is 1.29 bits per heavy atom. The maximum atomic E-state index is 13.4. The first-order valence-electron chi connectivity index (χ1n) is 14.0. The number of aromatic hydroxyl groups is 2. The average molecular weight is 745 g/mol. The number of hydrogen-bond donors (Lipinski definition) is 6. The highest BCUT2D eigenvalue weighted by atomic mass is 35.5. The monoisotopic (exact) mass is 744 g/mol. The van der Waals surface area contributed by atoms with Gasteiger partial charge in [-0.05, 0) is 26.0 Å². The van der Waals surface area contributed by atoms with Crippen molar-refractivity contribution in [1.82, 2.24) is 20.1 Å². The molecule has 1 aromatic heterocycles. The van der Waals surface area contributed by atoms with Crippen LogP contribution in [0.5, 0.6) is 11.5 Å². The Hall–Kier alpha value is -3.98. The Balaban J connectivity index is 1.30.